The van der Waals surface area contributed by atoms with Gasteiger partial charge in [0, 0.05) is 6.42 Å². The molecule has 320 valence electrons. The van der Waals surface area contributed by atoms with Gasteiger partial charge in [-0.05, 0) is 57.8 Å². The van der Waals surface area contributed by atoms with Crippen LogP contribution in [0.25, 0.3) is 0 Å². The quantitative estimate of drug-likeness (QED) is 0.0331. The average molecular weight is 788 g/mol. The molecule has 0 rings (SSSR count). The van der Waals surface area contributed by atoms with E-state index >= 15 is 0 Å². The van der Waals surface area contributed by atoms with Crippen LogP contribution in [0.2, 0.25) is 0 Å². The number of carbonyl (C=O) groups is 2. The third-order valence-electron chi connectivity index (χ3n) is 9.29. The molecule has 6 heteroatoms. The smallest absolute Gasteiger partial charge is 0.306 e. The maximum Gasteiger partial charge on any atom is 0.306 e. The van der Waals surface area contributed by atoms with Crippen molar-refractivity contribution in [1.82, 2.24) is 5.32 Å². The summed E-state index contributed by atoms with van der Waals surface area (Å²) >= 11 is 0. The minimum atomic E-state index is -0.820. The van der Waals surface area contributed by atoms with Crippen LogP contribution in [0.1, 0.15) is 162 Å². The fraction of sp³-hybridized carbons (Fsp3) is 0.569. The zero-order valence-corrected chi connectivity index (χ0v) is 36.2. The van der Waals surface area contributed by atoms with Crippen LogP contribution < -0.4 is 5.32 Å². The van der Waals surface area contributed by atoms with Crippen LogP contribution in [0.3, 0.4) is 0 Å². The predicted octanol–water partition coefficient (Wildman–Crippen LogP) is 12.9. The summed E-state index contributed by atoms with van der Waals surface area (Å²) in [7, 11) is 0. The minimum Gasteiger partial charge on any atom is -0.462 e. The van der Waals surface area contributed by atoms with Gasteiger partial charge in [-0.25, -0.2) is 0 Å². The van der Waals surface area contributed by atoms with Crippen molar-refractivity contribution in [2.24, 2.45) is 0 Å². The van der Waals surface area contributed by atoms with Gasteiger partial charge in [0.2, 0.25) is 5.91 Å². The SMILES string of the molecule is CC/C=C/C=C/C=C\C=C/C=C/CCCCCC(=O)OC(CCC/C=C/C=C\C=C/C=C/C=C/CC)CC(=O)NC(CO)C(O)CCCCCCCCCCCC. The molecule has 0 aromatic carbocycles. The highest BCUT2D eigenvalue weighted by atomic mass is 16.5. The highest BCUT2D eigenvalue weighted by molar-refractivity contribution is 5.77. The van der Waals surface area contributed by atoms with E-state index in [1.165, 1.54) is 44.9 Å². The summed E-state index contributed by atoms with van der Waals surface area (Å²) in [6.07, 6.45) is 59.7. The summed E-state index contributed by atoms with van der Waals surface area (Å²) in [6.45, 7) is 6.12. The Morgan fingerprint density at radius 1 is 0.526 bits per heavy atom. The maximum absolute atomic E-state index is 13.1. The first-order valence-corrected chi connectivity index (χ1v) is 22.4. The van der Waals surface area contributed by atoms with Gasteiger partial charge in [-0.3, -0.25) is 9.59 Å². The molecule has 3 atom stereocenters. The first kappa shape index (κ1) is 53.3. The fourth-order valence-corrected chi connectivity index (χ4v) is 5.95. The Morgan fingerprint density at radius 2 is 0.965 bits per heavy atom. The Bertz CT molecular complexity index is 1250. The van der Waals surface area contributed by atoms with Gasteiger partial charge in [-0.15, -0.1) is 0 Å². The standard InChI is InChI=1S/C51H81NO5/c1-4-7-10-13-16-19-22-24-25-27-29-32-35-38-41-44-51(56)57-47(42-39-36-33-30-28-26-23-20-17-14-11-8-5-2)45-50(55)52-48(46-53)49(54)43-40-37-34-31-21-18-15-12-9-6-3/h7-8,10-11,13-14,16-17,19-20,22-30,33,47-49,53-54H,4-6,9,12,15,18,21,31-32,34-46H2,1-3H3,(H,52,55)/b10-7+,11-8+,16-13+,17-14+,22-19-,23-20-,25-24-,28-26-,29-27+,33-30+. The predicted molar refractivity (Wildman–Crippen MR) is 245 cm³/mol. The van der Waals surface area contributed by atoms with Crippen molar-refractivity contribution in [2.45, 2.75) is 180 Å². The lowest BCUT2D eigenvalue weighted by atomic mass is 10.0. The molecule has 0 fully saturated rings. The second-order valence-electron chi connectivity index (χ2n) is 14.6. The number of ether oxygens (including phenoxy) is 1. The molecule has 57 heavy (non-hydrogen) atoms. The number of unbranched alkanes of at least 4 members (excludes halogenated alkanes) is 13. The van der Waals surface area contributed by atoms with Crippen LogP contribution in [0.15, 0.2) is 122 Å². The van der Waals surface area contributed by atoms with Crippen LogP contribution in [-0.2, 0) is 14.3 Å². The normalized spacial score (nSPS) is 14.5. The number of hydrogen-bond donors (Lipinski definition) is 3. The number of allylic oxidation sites excluding steroid dienone is 20. The van der Waals surface area contributed by atoms with Crippen molar-refractivity contribution in [3.05, 3.63) is 122 Å². The van der Waals surface area contributed by atoms with Crippen molar-refractivity contribution in [3.63, 3.8) is 0 Å². The number of rotatable bonds is 37. The van der Waals surface area contributed by atoms with E-state index in [4.69, 9.17) is 4.74 Å². The summed E-state index contributed by atoms with van der Waals surface area (Å²) in [4.78, 5) is 26.0. The van der Waals surface area contributed by atoms with Gasteiger partial charge in [-0.2, -0.15) is 0 Å². The molecular weight excluding hydrogens is 707 g/mol. The van der Waals surface area contributed by atoms with E-state index in [1.54, 1.807) is 0 Å². The molecule has 0 aromatic rings. The molecule has 0 saturated heterocycles. The van der Waals surface area contributed by atoms with Crippen LogP contribution >= 0.6 is 0 Å². The zero-order valence-electron chi connectivity index (χ0n) is 36.2. The highest BCUT2D eigenvalue weighted by Crippen LogP contribution is 2.16. The van der Waals surface area contributed by atoms with Crippen molar-refractivity contribution < 1.29 is 24.5 Å². The number of carbonyl (C=O) groups excluding carboxylic acids is 2. The van der Waals surface area contributed by atoms with E-state index in [0.29, 0.717) is 19.3 Å². The molecule has 0 spiro atoms. The van der Waals surface area contributed by atoms with Gasteiger partial charge in [0.1, 0.15) is 6.10 Å². The first-order valence-electron chi connectivity index (χ1n) is 22.4. The summed E-state index contributed by atoms with van der Waals surface area (Å²) in [5, 5.41) is 23.6. The largest absolute Gasteiger partial charge is 0.462 e. The summed E-state index contributed by atoms with van der Waals surface area (Å²) in [6, 6.07) is -0.740. The molecule has 3 unspecified atom stereocenters. The van der Waals surface area contributed by atoms with Gasteiger partial charge in [0.05, 0.1) is 25.2 Å². The number of nitrogens with one attached hydrogen (secondary N) is 1. The third kappa shape index (κ3) is 38.9. The van der Waals surface area contributed by atoms with Crippen LogP contribution in [-0.4, -0.2) is 46.9 Å². The summed E-state index contributed by atoms with van der Waals surface area (Å²) in [5.41, 5.74) is 0. The molecule has 6 nitrogen and oxygen atoms in total. The molecule has 0 saturated carbocycles. The number of esters is 1. The lowest BCUT2D eigenvalue weighted by molar-refractivity contribution is -0.151. The summed E-state index contributed by atoms with van der Waals surface area (Å²) in [5.74, 6) is -0.614. The van der Waals surface area contributed by atoms with E-state index < -0.39 is 18.2 Å². The molecule has 0 heterocycles. The second-order valence-corrected chi connectivity index (χ2v) is 14.6. The summed E-state index contributed by atoms with van der Waals surface area (Å²) < 4.78 is 5.84. The Kier molecular flexibility index (Phi) is 40.5. The van der Waals surface area contributed by atoms with Gasteiger partial charge < -0.3 is 20.3 Å². The molecule has 0 bridgehead atoms. The molecule has 0 aliphatic heterocycles. The molecule has 0 aliphatic carbocycles. The van der Waals surface area contributed by atoms with Crippen molar-refractivity contribution in [2.75, 3.05) is 6.61 Å². The molecule has 3 N–H and O–H groups in total. The Morgan fingerprint density at radius 3 is 1.46 bits per heavy atom. The zero-order chi connectivity index (χ0) is 41.7. The number of aliphatic hydroxyl groups excluding tert-OH is 2. The van der Waals surface area contributed by atoms with Crippen LogP contribution in [0.4, 0.5) is 0 Å². The molecule has 1 amide bonds. The Labute approximate surface area is 349 Å². The van der Waals surface area contributed by atoms with Crippen molar-refractivity contribution in [1.29, 1.82) is 0 Å². The maximum atomic E-state index is 13.1. The molecule has 0 aliphatic rings. The van der Waals surface area contributed by atoms with Crippen molar-refractivity contribution >= 4 is 11.9 Å². The Hall–Kier alpha value is -3.74. The topological polar surface area (TPSA) is 95.9 Å². The average Bonchev–Trinajstić information content (AvgIpc) is 3.20. The lowest BCUT2D eigenvalue weighted by Crippen LogP contribution is -2.46. The monoisotopic (exact) mass is 788 g/mol. The lowest BCUT2D eigenvalue weighted by Gasteiger charge is -2.24. The highest BCUT2D eigenvalue weighted by Gasteiger charge is 2.23. The molecular formula is C51H81NO5. The van der Waals surface area contributed by atoms with Gasteiger partial charge >= 0.3 is 5.97 Å². The van der Waals surface area contributed by atoms with E-state index in [0.717, 1.165) is 70.6 Å². The van der Waals surface area contributed by atoms with E-state index in [9.17, 15) is 19.8 Å². The van der Waals surface area contributed by atoms with Gasteiger partial charge in [0.25, 0.3) is 0 Å². The van der Waals surface area contributed by atoms with Gasteiger partial charge in [-0.1, -0.05) is 213 Å². The van der Waals surface area contributed by atoms with Crippen LogP contribution in [0, 0.1) is 0 Å². The van der Waals surface area contributed by atoms with Gasteiger partial charge in [0.15, 0.2) is 0 Å². The molecule has 0 aromatic heterocycles. The number of amides is 1. The van der Waals surface area contributed by atoms with E-state index in [2.05, 4.69) is 50.4 Å². The minimum absolute atomic E-state index is 0.00227. The van der Waals surface area contributed by atoms with E-state index in [-0.39, 0.29) is 24.9 Å². The third-order valence-corrected chi connectivity index (χ3v) is 9.29. The van der Waals surface area contributed by atoms with Crippen LogP contribution in [0.5, 0.6) is 0 Å². The van der Waals surface area contributed by atoms with E-state index in [1.807, 2.05) is 97.2 Å². The second kappa shape index (κ2) is 43.4. The number of hydrogen-bond acceptors (Lipinski definition) is 5. The molecule has 0 radical (unpaired) electrons. The Balaban J connectivity index is 4.86. The number of aliphatic hydroxyl groups is 2. The fourth-order valence-electron chi connectivity index (χ4n) is 5.95. The van der Waals surface area contributed by atoms with Crippen molar-refractivity contribution in [3.8, 4) is 0 Å². The first-order chi connectivity index (χ1) is 28.0.